The molecule has 0 saturated heterocycles. The first-order valence-electron chi connectivity index (χ1n) is 6.56. The molecule has 2 N–H and O–H groups in total. The van der Waals surface area contributed by atoms with Gasteiger partial charge in [-0.3, -0.25) is 14.6 Å². The molecule has 0 radical (unpaired) electrons. The van der Waals surface area contributed by atoms with Gasteiger partial charge >= 0.3 is 5.97 Å². The van der Waals surface area contributed by atoms with Crippen molar-refractivity contribution >= 4 is 11.9 Å². The van der Waals surface area contributed by atoms with E-state index in [-0.39, 0.29) is 17.7 Å². The van der Waals surface area contributed by atoms with Crippen LogP contribution >= 0.6 is 0 Å². The quantitative estimate of drug-likeness (QED) is 0.836. The Bertz CT molecular complexity index is 447. The molecule has 0 aromatic carbocycles. The number of amides is 1. The van der Waals surface area contributed by atoms with Gasteiger partial charge in [0, 0.05) is 24.9 Å². The number of nitrogens with zero attached hydrogens (tertiary/aromatic N) is 1. The number of hydrogen-bond acceptors (Lipinski definition) is 3. The minimum atomic E-state index is -0.785. The maximum absolute atomic E-state index is 11.9. The monoisotopic (exact) mass is 262 g/mol. The van der Waals surface area contributed by atoms with Gasteiger partial charge in [-0.25, -0.2) is 0 Å². The van der Waals surface area contributed by atoms with Crippen LogP contribution in [0.4, 0.5) is 0 Å². The molecule has 1 aromatic rings. The zero-order valence-electron chi connectivity index (χ0n) is 10.7. The van der Waals surface area contributed by atoms with Gasteiger partial charge in [0.1, 0.15) is 0 Å². The number of hydrogen-bond donors (Lipinski definition) is 2. The predicted octanol–water partition coefficient (Wildman–Crippen LogP) is 1.24. The fraction of sp³-hybridized carbons (Fsp3) is 0.500. The Morgan fingerprint density at radius 1 is 1.26 bits per heavy atom. The summed E-state index contributed by atoms with van der Waals surface area (Å²) >= 11 is 0. The highest BCUT2D eigenvalue weighted by Crippen LogP contribution is 2.30. The van der Waals surface area contributed by atoms with Crippen LogP contribution in [0.2, 0.25) is 0 Å². The lowest BCUT2D eigenvalue weighted by molar-refractivity contribution is -0.141. The smallest absolute Gasteiger partial charge is 0.306 e. The average Bonchev–Trinajstić information content (AvgIpc) is 2.89. The second-order valence-corrected chi connectivity index (χ2v) is 4.94. The molecule has 1 fully saturated rings. The fourth-order valence-electron chi connectivity index (χ4n) is 2.47. The summed E-state index contributed by atoms with van der Waals surface area (Å²) in [5, 5.41) is 11.8. The largest absolute Gasteiger partial charge is 0.481 e. The van der Waals surface area contributed by atoms with E-state index in [1.54, 1.807) is 12.4 Å². The summed E-state index contributed by atoms with van der Waals surface area (Å²) in [6, 6.07) is 3.84. The standard InChI is InChI=1S/C14H18N2O3/c17-13(11-1-2-12(9-11)14(18)19)16-8-5-10-3-6-15-7-4-10/h3-4,6-7,11-12H,1-2,5,8-9H2,(H,16,17)(H,18,19)/t11-,12+/m1/s1. The fourth-order valence-corrected chi connectivity index (χ4v) is 2.47. The molecule has 1 aromatic heterocycles. The van der Waals surface area contributed by atoms with Crippen molar-refractivity contribution in [2.45, 2.75) is 25.7 Å². The van der Waals surface area contributed by atoms with Gasteiger partial charge in [-0.2, -0.15) is 0 Å². The minimum Gasteiger partial charge on any atom is -0.481 e. The van der Waals surface area contributed by atoms with Crippen molar-refractivity contribution in [2.24, 2.45) is 11.8 Å². The molecule has 0 aliphatic heterocycles. The lowest BCUT2D eigenvalue weighted by Gasteiger charge is -2.10. The average molecular weight is 262 g/mol. The van der Waals surface area contributed by atoms with E-state index in [1.807, 2.05) is 12.1 Å². The van der Waals surface area contributed by atoms with E-state index in [2.05, 4.69) is 10.3 Å². The Hall–Kier alpha value is -1.91. The van der Waals surface area contributed by atoms with E-state index in [0.29, 0.717) is 25.8 Å². The van der Waals surface area contributed by atoms with Crippen LogP contribution in [-0.2, 0) is 16.0 Å². The van der Waals surface area contributed by atoms with Gasteiger partial charge in [-0.05, 0) is 43.4 Å². The molecule has 1 aliphatic rings. The van der Waals surface area contributed by atoms with Crippen molar-refractivity contribution in [2.75, 3.05) is 6.54 Å². The zero-order chi connectivity index (χ0) is 13.7. The first kappa shape index (κ1) is 13.5. The molecule has 1 heterocycles. The molecular formula is C14H18N2O3. The SMILES string of the molecule is O=C(O)[C@H]1CC[C@@H](C(=O)NCCc2ccncc2)C1. The molecule has 0 bridgehead atoms. The molecule has 1 aliphatic carbocycles. The first-order chi connectivity index (χ1) is 9.16. The van der Waals surface area contributed by atoms with Crippen LogP contribution in [0.25, 0.3) is 0 Å². The number of aliphatic carboxylic acids is 1. The van der Waals surface area contributed by atoms with Crippen molar-refractivity contribution in [3.63, 3.8) is 0 Å². The molecule has 5 nitrogen and oxygen atoms in total. The molecule has 0 unspecified atom stereocenters. The Morgan fingerprint density at radius 2 is 1.95 bits per heavy atom. The third-order valence-electron chi connectivity index (χ3n) is 3.61. The van der Waals surface area contributed by atoms with E-state index in [1.165, 1.54) is 0 Å². The maximum atomic E-state index is 11.9. The zero-order valence-corrected chi connectivity index (χ0v) is 10.7. The molecule has 0 spiro atoms. The lowest BCUT2D eigenvalue weighted by Crippen LogP contribution is -2.31. The minimum absolute atomic E-state index is 0.0159. The summed E-state index contributed by atoms with van der Waals surface area (Å²) in [6.07, 6.45) is 5.98. The summed E-state index contributed by atoms with van der Waals surface area (Å²) in [4.78, 5) is 26.7. The van der Waals surface area contributed by atoms with Gasteiger partial charge in [0.15, 0.2) is 0 Å². The topological polar surface area (TPSA) is 79.3 Å². The van der Waals surface area contributed by atoms with Crippen molar-refractivity contribution in [1.29, 1.82) is 0 Å². The van der Waals surface area contributed by atoms with E-state index >= 15 is 0 Å². The summed E-state index contributed by atoms with van der Waals surface area (Å²) < 4.78 is 0. The number of pyridine rings is 1. The maximum Gasteiger partial charge on any atom is 0.306 e. The molecule has 19 heavy (non-hydrogen) atoms. The van der Waals surface area contributed by atoms with E-state index < -0.39 is 5.97 Å². The first-order valence-corrected chi connectivity index (χ1v) is 6.56. The Balaban J connectivity index is 1.72. The van der Waals surface area contributed by atoms with Crippen LogP contribution in [0.1, 0.15) is 24.8 Å². The van der Waals surface area contributed by atoms with Gasteiger partial charge in [0.25, 0.3) is 0 Å². The Kier molecular flexibility index (Phi) is 4.49. The van der Waals surface area contributed by atoms with Crippen LogP contribution in [-0.4, -0.2) is 28.5 Å². The highest BCUT2D eigenvalue weighted by molar-refractivity contribution is 5.80. The van der Waals surface area contributed by atoms with Gasteiger partial charge in [-0.15, -0.1) is 0 Å². The van der Waals surface area contributed by atoms with Gasteiger partial charge in [0.2, 0.25) is 5.91 Å². The van der Waals surface area contributed by atoms with Crippen molar-refractivity contribution in [3.05, 3.63) is 30.1 Å². The van der Waals surface area contributed by atoms with Crippen LogP contribution < -0.4 is 5.32 Å². The van der Waals surface area contributed by atoms with Crippen LogP contribution in [0.15, 0.2) is 24.5 Å². The van der Waals surface area contributed by atoms with Gasteiger partial charge in [-0.1, -0.05) is 0 Å². The summed E-state index contributed by atoms with van der Waals surface area (Å²) in [5.41, 5.74) is 1.13. The van der Waals surface area contributed by atoms with Crippen molar-refractivity contribution in [1.82, 2.24) is 10.3 Å². The molecule has 2 atom stereocenters. The number of nitrogens with one attached hydrogen (secondary N) is 1. The molecule has 5 heteroatoms. The second kappa shape index (κ2) is 6.31. The van der Waals surface area contributed by atoms with Crippen LogP contribution in [0.5, 0.6) is 0 Å². The highest BCUT2D eigenvalue weighted by Gasteiger charge is 2.33. The number of carboxylic acid groups (broad SMARTS) is 1. The van der Waals surface area contributed by atoms with Crippen LogP contribution in [0.3, 0.4) is 0 Å². The number of carbonyl (C=O) groups excluding carboxylic acids is 1. The second-order valence-electron chi connectivity index (χ2n) is 4.94. The molecular weight excluding hydrogens is 244 g/mol. The van der Waals surface area contributed by atoms with Crippen LogP contribution in [0, 0.1) is 11.8 Å². The number of aromatic nitrogens is 1. The number of rotatable bonds is 5. The van der Waals surface area contributed by atoms with Gasteiger partial charge < -0.3 is 10.4 Å². The third kappa shape index (κ3) is 3.77. The summed E-state index contributed by atoms with van der Waals surface area (Å²) in [6.45, 7) is 0.580. The third-order valence-corrected chi connectivity index (χ3v) is 3.61. The van der Waals surface area contributed by atoms with Crippen molar-refractivity contribution in [3.8, 4) is 0 Å². The summed E-state index contributed by atoms with van der Waals surface area (Å²) in [7, 11) is 0. The van der Waals surface area contributed by atoms with E-state index in [4.69, 9.17) is 5.11 Å². The number of carbonyl (C=O) groups is 2. The Labute approximate surface area is 112 Å². The molecule has 1 amide bonds. The summed E-state index contributed by atoms with van der Waals surface area (Å²) in [5.74, 6) is -1.29. The lowest BCUT2D eigenvalue weighted by atomic mass is 10.0. The highest BCUT2D eigenvalue weighted by atomic mass is 16.4. The normalized spacial score (nSPS) is 22.1. The predicted molar refractivity (Wildman–Crippen MR) is 69.4 cm³/mol. The van der Waals surface area contributed by atoms with E-state index in [9.17, 15) is 9.59 Å². The molecule has 102 valence electrons. The molecule has 2 rings (SSSR count). The Morgan fingerprint density at radius 3 is 2.58 bits per heavy atom. The van der Waals surface area contributed by atoms with Crippen molar-refractivity contribution < 1.29 is 14.7 Å². The molecule has 1 saturated carbocycles. The van der Waals surface area contributed by atoms with E-state index in [0.717, 1.165) is 12.0 Å². The number of carboxylic acids is 1. The van der Waals surface area contributed by atoms with Gasteiger partial charge in [0.05, 0.1) is 5.92 Å².